The van der Waals surface area contributed by atoms with Crippen LogP contribution in [0.2, 0.25) is 5.02 Å². The first-order valence-corrected chi connectivity index (χ1v) is 8.74. The lowest BCUT2D eigenvalue weighted by molar-refractivity contribution is 0.0416. The van der Waals surface area contributed by atoms with E-state index in [2.05, 4.69) is 0 Å². The molecule has 3 rings (SSSR count). The molecule has 1 aliphatic carbocycles. The Morgan fingerprint density at radius 2 is 2.05 bits per heavy atom. The van der Waals surface area contributed by atoms with Crippen molar-refractivity contribution in [1.82, 2.24) is 0 Å². The summed E-state index contributed by atoms with van der Waals surface area (Å²) in [6.45, 7) is 1.09. The van der Waals surface area contributed by atoms with Gasteiger partial charge in [0.15, 0.2) is 9.84 Å². The smallest absolute Gasteiger partial charge is 0.187 e. The van der Waals surface area contributed by atoms with Crippen molar-refractivity contribution in [2.75, 3.05) is 19.8 Å². The summed E-state index contributed by atoms with van der Waals surface area (Å²) in [5.74, 6) is 0. The average Bonchev–Trinajstić information content (AvgIpc) is 2.24. The summed E-state index contributed by atoms with van der Waals surface area (Å²) >= 11 is 6.22. The molecule has 6 heteroatoms. The van der Waals surface area contributed by atoms with Crippen LogP contribution in [0.3, 0.4) is 0 Å². The molecule has 1 saturated carbocycles. The highest BCUT2D eigenvalue weighted by atomic mass is 35.5. The second-order valence-electron chi connectivity index (χ2n) is 5.69. The highest BCUT2D eigenvalue weighted by Crippen LogP contribution is 2.44. The monoisotopic (exact) mass is 315 g/mol. The van der Waals surface area contributed by atoms with E-state index in [0.29, 0.717) is 11.6 Å². The van der Waals surface area contributed by atoms with Crippen LogP contribution in [0.5, 0.6) is 0 Å². The Balaban J connectivity index is 1.96. The summed E-state index contributed by atoms with van der Waals surface area (Å²) in [5, 5.41) is -0.160. The van der Waals surface area contributed by atoms with Crippen LogP contribution >= 0.6 is 11.6 Å². The van der Waals surface area contributed by atoms with Gasteiger partial charge in [-0.05, 0) is 30.5 Å². The molecule has 0 aromatic heterocycles. The van der Waals surface area contributed by atoms with Gasteiger partial charge in [-0.25, -0.2) is 8.42 Å². The van der Waals surface area contributed by atoms with Gasteiger partial charge < -0.3 is 10.5 Å². The lowest BCUT2D eigenvalue weighted by Crippen LogP contribution is -2.42. The maximum absolute atomic E-state index is 12.4. The number of rotatable bonds is 4. The standard InChI is InChI=1S/C14H18ClNO3S/c15-12-6-10(14(9-16)4-1-5-14)2-3-13(12)20(17,18)11-7-19-8-11/h2-3,6,11H,1,4-5,7-9,16H2. The summed E-state index contributed by atoms with van der Waals surface area (Å²) in [6, 6.07) is 5.27. The molecular weight excluding hydrogens is 298 g/mol. The van der Waals surface area contributed by atoms with Gasteiger partial charge in [-0.1, -0.05) is 24.1 Å². The van der Waals surface area contributed by atoms with Crippen LogP contribution in [0.25, 0.3) is 0 Å². The number of hydrogen-bond donors (Lipinski definition) is 1. The fourth-order valence-electron chi connectivity index (χ4n) is 2.85. The van der Waals surface area contributed by atoms with Gasteiger partial charge in [0.25, 0.3) is 0 Å². The Morgan fingerprint density at radius 1 is 1.35 bits per heavy atom. The molecular formula is C14H18ClNO3S. The largest absolute Gasteiger partial charge is 0.379 e. The van der Waals surface area contributed by atoms with Crippen LogP contribution in [-0.2, 0) is 20.0 Å². The third-order valence-electron chi connectivity index (χ3n) is 4.60. The van der Waals surface area contributed by atoms with E-state index in [1.54, 1.807) is 12.1 Å². The Hall–Kier alpha value is -0.620. The van der Waals surface area contributed by atoms with Gasteiger partial charge in [-0.3, -0.25) is 0 Å². The number of hydrogen-bond acceptors (Lipinski definition) is 4. The second-order valence-corrected chi connectivity index (χ2v) is 8.29. The third-order valence-corrected chi connectivity index (χ3v) is 7.14. The van der Waals surface area contributed by atoms with Crippen LogP contribution in [0, 0.1) is 0 Å². The minimum absolute atomic E-state index is 0.00842. The molecule has 0 atom stereocenters. The number of ether oxygens (including phenoxy) is 1. The summed E-state index contributed by atoms with van der Waals surface area (Å²) in [7, 11) is -3.38. The van der Waals surface area contributed by atoms with Crippen LogP contribution in [-0.4, -0.2) is 33.4 Å². The van der Waals surface area contributed by atoms with Gasteiger partial charge in [-0.2, -0.15) is 0 Å². The molecule has 0 unspecified atom stereocenters. The van der Waals surface area contributed by atoms with E-state index in [0.717, 1.165) is 24.8 Å². The number of nitrogens with two attached hydrogens (primary N) is 1. The molecule has 1 aromatic rings. The highest BCUT2D eigenvalue weighted by molar-refractivity contribution is 7.92. The Kier molecular flexibility index (Phi) is 3.57. The van der Waals surface area contributed by atoms with Crippen LogP contribution in [0.15, 0.2) is 23.1 Å². The van der Waals surface area contributed by atoms with E-state index in [4.69, 9.17) is 22.1 Å². The molecule has 2 aliphatic rings. The molecule has 1 saturated heterocycles. The van der Waals surface area contributed by atoms with E-state index in [1.165, 1.54) is 0 Å². The van der Waals surface area contributed by atoms with Gasteiger partial charge in [-0.15, -0.1) is 0 Å². The molecule has 2 N–H and O–H groups in total. The number of benzene rings is 1. The van der Waals surface area contributed by atoms with E-state index in [-0.39, 0.29) is 23.5 Å². The first-order valence-electron chi connectivity index (χ1n) is 6.81. The van der Waals surface area contributed by atoms with Gasteiger partial charge in [0.1, 0.15) is 5.25 Å². The van der Waals surface area contributed by atoms with Gasteiger partial charge >= 0.3 is 0 Å². The minimum atomic E-state index is -3.38. The van der Waals surface area contributed by atoms with Gasteiger partial charge in [0.2, 0.25) is 0 Å². The van der Waals surface area contributed by atoms with E-state index >= 15 is 0 Å². The summed E-state index contributed by atoms with van der Waals surface area (Å²) in [5.41, 5.74) is 6.92. The molecule has 1 aliphatic heterocycles. The molecule has 1 aromatic carbocycles. The van der Waals surface area contributed by atoms with E-state index in [9.17, 15) is 8.42 Å². The third kappa shape index (κ3) is 2.08. The molecule has 0 radical (unpaired) electrons. The quantitative estimate of drug-likeness (QED) is 0.921. The second kappa shape index (κ2) is 4.98. The predicted molar refractivity (Wildman–Crippen MR) is 77.8 cm³/mol. The molecule has 110 valence electrons. The van der Waals surface area contributed by atoms with Crippen LogP contribution < -0.4 is 5.73 Å². The summed E-state index contributed by atoms with van der Waals surface area (Å²) in [6.07, 6.45) is 3.25. The first kappa shape index (κ1) is 14.3. The van der Waals surface area contributed by atoms with Crippen molar-refractivity contribution < 1.29 is 13.2 Å². The fraction of sp³-hybridized carbons (Fsp3) is 0.571. The minimum Gasteiger partial charge on any atom is -0.379 e. The number of sulfone groups is 1. The molecule has 4 nitrogen and oxygen atoms in total. The Bertz CT molecular complexity index is 616. The van der Waals surface area contributed by atoms with Gasteiger partial charge in [0.05, 0.1) is 23.1 Å². The van der Waals surface area contributed by atoms with Crippen molar-refractivity contribution in [3.63, 3.8) is 0 Å². The highest BCUT2D eigenvalue weighted by Gasteiger charge is 2.39. The molecule has 0 spiro atoms. The normalized spacial score (nSPS) is 22.1. The molecule has 20 heavy (non-hydrogen) atoms. The van der Waals surface area contributed by atoms with Crippen molar-refractivity contribution in [1.29, 1.82) is 0 Å². The topological polar surface area (TPSA) is 69.4 Å². The molecule has 2 fully saturated rings. The lowest BCUT2D eigenvalue weighted by atomic mass is 9.64. The average molecular weight is 316 g/mol. The molecule has 1 heterocycles. The zero-order valence-electron chi connectivity index (χ0n) is 11.1. The molecule has 0 bridgehead atoms. The number of halogens is 1. The maximum Gasteiger partial charge on any atom is 0.187 e. The Morgan fingerprint density at radius 3 is 2.45 bits per heavy atom. The van der Waals surface area contributed by atoms with Gasteiger partial charge in [0, 0.05) is 12.0 Å². The first-order chi connectivity index (χ1) is 9.49. The Labute approximate surface area is 124 Å². The van der Waals surface area contributed by atoms with Crippen molar-refractivity contribution in [3.05, 3.63) is 28.8 Å². The predicted octanol–water partition coefficient (Wildman–Crippen LogP) is 1.89. The van der Waals surface area contributed by atoms with Crippen molar-refractivity contribution >= 4 is 21.4 Å². The zero-order valence-corrected chi connectivity index (χ0v) is 12.7. The lowest BCUT2D eigenvalue weighted by Gasteiger charge is -2.41. The fourth-order valence-corrected chi connectivity index (χ4v) is 4.85. The summed E-state index contributed by atoms with van der Waals surface area (Å²) in [4.78, 5) is 0.211. The van der Waals surface area contributed by atoms with Crippen molar-refractivity contribution in [3.8, 4) is 0 Å². The zero-order chi connectivity index (χ0) is 14.4. The van der Waals surface area contributed by atoms with Crippen molar-refractivity contribution in [2.24, 2.45) is 5.73 Å². The van der Waals surface area contributed by atoms with E-state index in [1.807, 2.05) is 6.07 Å². The van der Waals surface area contributed by atoms with Crippen LogP contribution in [0.4, 0.5) is 0 Å². The molecule has 0 amide bonds. The van der Waals surface area contributed by atoms with Crippen LogP contribution in [0.1, 0.15) is 24.8 Å². The SMILES string of the molecule is NCC1(c2ccc(S(=O)(=O)C3COC3)c(Cl)c2)CCC1. The van der Waals surface area contributed by atoms with Crippen molar-refractivity contribution in [2.45, 2.75) is 34.8 Å². The summed E-state index contributed by atoms with van der Waals surface area (Å²) < 4.78 is 29.7. The van der Waals surface area contributed by atoms with E-state index < -0.39 is 15.1 Å². The maximum atomic E-state index is 12.4.